The molecule has 8 heteroatoms. The first-order valence-corrected chi connectivity index (χ1v) is 6.80. The second-order valence-electron chi connectivity index (χ2n) is 4.65. The average Bonchev–Trinajstić information content (AvgIpc) is 2.49. The van der Waals surface area contributed by atoms with Gasteiger partial charge in [0.25, 0.3) is 5.69 Å². The van der Waals surface area contributed by atoms with Crippen LogP contribution in [0.15, 0.2) is 42.5 Å². The number of nitro groups is 1. The van der Waals surface area contributed by atoms with E-state index in [0.717, 1.165) is 0 Å². The average molecular weight is 335 g/mol. The predicted molar refractivity (Wildman–Crippen MR) is 83.8 cm³/mol. The topological polar surface area (TPSA) is 110 Å². The molecule has 23 heavy (non-hydrogen) atoms. The van der Waals surface area contributed by atoms with E-state index in [1.165, 1.54) is 42.5 Å². The van der Waals surface area contributed by atoms with E-state index in [-0.39, 0.29) is 28.6 Å². The second kappa shape index (κ2) is 6.89. The molecule has 0 unspecified atom stereocenters. The van der Waals surface area contributed by atoms with Gasteiger partial charge in [0.05, 0.1) is 21.9 Å². The van der Waals surface area contributed by atoms with Crippen molar-refractivity contribution in [3.05, 3.63) is 68.7 Å². The summed E-state index contributed by atoms with van der Waals surface area (Å²) in [6, 6.07) is 9.73. The van der Waals surface area contributed by atoms with Gasteiger partial charge in [0.1, 0.15) is 0 Å². The number of halogens is 1. The molecular formula is C15H11ClN2O5. The third-order valence-electron chi connectivity index (χ3n) is 2.99. The van der Waals surface area contributed by atoms with Gasteiger partial charge in [-0.1, -0.05) is 23.7 Å². The molecule has 2 N–H and O–H groups in total. The fourth-order valence-corrected chi connectivity index (χ4v) is 2.09. The molecule has 0 aliphatic carbocycles. The van der Waals surface area contributed by atoms with Crippen LogP contribution < -0.4 is 5.32 Å². The van der Waals surface area contributed by atoms with Crippen LogP contribution in [-0.2, 0) is 11.2 Å². The fraction of sp³-hybridized carbons (Fsp3) is 0.0667. The number of hydrogen-bond acceptors (Lipinski definition) is 4. The van der Waals surface area contributed by atoms with Gasteiger partial charge in [-0.2, -0.15) is 0 Å². The summed E-state index contributed by atoms with van der Waals surface area (Å²) in [4.78, 5) is 33.0. The van der Waals surface area contributed by atoms with Crippen molar-refractivity contribution in [1.82, 2.24) is 0 Å². The molecule has 0 heterocycles. The van der Waals surface area contributed by atoms with E-state index in [1.54, 1.807) is 0 Å². The number of benzene rings is 2. The summed E-state index contributed by atoms with van der Waals surface area (Å²) >= 11 is 5.75. The lowest BCUT2D eigenvalue weighted by molar-refractivity contribution is -0.384. The zero-order valence-corrected chi connectivity index (χ0v) is 12.4. The Bertz CT molecular complexity index is 774. The maximum absolute atomic E-state index is 11.9. The maximum Gasteiger partial charge on any atom is 0.337 e. The Morgan fingerprint density at radius 3 is 2.39 bits per heavy atom. The summed E-state index contributed by atoms with van der Waals surface area (Å²) < 4.78 is 0. The number of amides is 1. The van der Waals surface area contributed by atoms with Gasteiger partial charge in [0.15, 0.2) is 0 Å². The SMILES string of the molecule is O=C(Cc1ccc([N+](=O)[O-])cc1)Nc1ccc(Cl)c(C(=O)O)c1. The van der Waals surface area contributed by atoms with Gasteiger partial charge in [-0.3, -0.25) is 14.9 Å². The molecule has 0 saturated heterocycles. The lowest BCUT2D eigenvalue weighted by atomic mass is 10.1. The summed E-state index contributed by atoms with van der Waals surface area (Å²) in [5.74, 6) is -1.57. The van der Waals surface area contributed by atoms with E-state index >= 15 is 0 Å². The summed E-state index contributed by atoms with van der Waals surface area (Å²) in [6.45, 7) is 0. The normalized spacial score (nSPS) is 10.1. The van der Waals surface area contributed by atoms with Gasteiger partial charge in [0, 0.05) is 17.8 Å². The molecule has 7 nitrogen and oxygen atoms in total. The zero-order chi connectivity index (χ0) is 17.0. The molecule has 0 spiro atoms. The van der Waals surface area contributed by atoms with Crippen LogP contribution in [0.25, 0.3) is 0 Å². The number of non-ortho nitro benzene ring substituents is 1. The molecule has 0 aromatic heterocycles. The lowest BCUT2D eigenvalue weighted by Crippen LogP contribution is -2.14. The summed E-state index contributed by atoms with van der Waals surface area (Å²) in [7, 11) is 0. The number of carboxylic acids is 1. The Balaban J connectivity index is 2.06. The van der Waals surface area contributed by atoms with Crippen molar-refractivity contribution < 1.29 is 19.6 Å². The number of anilines is 1. The molecule has 2 aromatic carbocycles. The molecule has 0 bridgehead atoms. The van der Waals surface area contributed by atoms with Gasteiger partial charge in [-0.15, -0.1) is 0 Å². The van der Waals surface area contributed by atoms with E-state index in [2.05, 4.69) is 5.32 Å². The third-order valence-corrected chi connectivity index (χ3v) is 3.32. The highest BCUT2D eigenvalue weighted by molar-refractivity contribution is 6.33. The molecule has 118 valence electrons. The van der Waals surface area contributed by atoms with Crippen molar-refractivity contribution in [2.24, 2.45) is 0 Å². The fourth-order valence-electron chi connectivity index (χ4n) is 1.89. The molecule has 0 radical (unpaired) electrons. The number of aromatic carboxylic acids is 1. The molecule has 0 aliphatic heterocycles. The Kier molecular flexibility index (Phi) is 4.92. The third kappa shape index (κ3) is 4.27. The molecular weight excluding hydrogens is 324 g/mol. The number of hydrogen-bond donors (Lipinski definition) is 2. The predicted octanol–water partition coefficient (Wildman–Crippen LogP) is 3.13. The standard InChI is InChI=1S/C15H11ClN2O5/c16-13-6-3-10(8-12(13)15(20)21)17-14(19)7-9-1-4-11(5-2-9)18(22)23/h1-6,8H,7H2,(H,17,19)(H,20,21). The molecule has 0 atom stereocenters. The highest BCUT2D eigenvalue weighted by Gasteiger charge is 2.12. The van der Waals surface area contributed by atoms with E-state index in [0.29, 0.717) is 11.3 Å². The van der Waals surface area contributed by atoms with Crippen LogP contribution in [0.3, 0.4) is 0 Å². The number of nitrogens with zero attached hydrogens (tertiary/aromatic N) is 1. The van der Waals surface area contributed by atoms with E-state index in [9.17, 15) is 19.7 Å². The monoisotopic (exact) mass is 334 g/mol. The van der Waals surface area contributed by atoms with Gasteiger partial charge in [-0.05, 0) is 23.8 Å². The van der Waals surface area contributed by atoms with E-state index in [1.807, 2.05) is 0 Å². The summed E-state index contributed by atoms with van der Waals surface area (Å²) in [5, 5.41) is 22.2. The van der Waals surface area contributed by atoms with Crippen molar-refractivity contribution in [1.29, 1.82) is 0 Å². The maximum atomic E-state index is 11.9. The van der Waals surface area contributed by atoms with Crippen LogP contribution in [0, 0.1) is 10.1 Å². The van der Waals surface area contributed by atoms with Gasteiger partial charge in [0.2, 0.25) is 5.91 Å². The first-order valence-electron chi connectivity index (χ1n) is 6.43. The number of nitro benzene ring substituents is 1. The smallest absolute Gasteiger partial charge is 0.337 e. The summed E-state index contributed by atoms with van der Waals surface area (Å²) in [6.07, 6.45) is 0.00300. The van der Waals surface area contributed by atoms with Crippen molar-refractivity contribution in [3.63, 3.8) is 0 Å². The van der Waals surface area contributed by atoms with Crippen molar-refractivity contribution in [2.45, 2.75) is 6.42 Å². The van der Waals surface area contributed by atoms with Gasteiger partial charge >= 0.3 is 5.97 Å². The largest absolute Gasteiger partial charge is 0.478 e. The highest BCUT2D eigenvalue weighted by atomic mass is 35.5. The Labute approximate surface area is 135 Å². The molecule has 0 saturated carbocycles. The quantitative estimate of drug-likeness (QED) is 0.644. The number of carbonyl (C=O) groups is 2. The minimum absolute atomic E-state index is 0.00300. The first kappa shape index (κ1) is 16.4. The number of nitrogens with one attached hydrogen (secondary N) is 1. The number of carbonyl (C=O) groups excluding carboxylic acids is 1. The van der Waals surface area contributed by atoms with Crippen LogP contribution >= 0.6 is 11.6 Å². The van der Waals surface area contributed by atoms with Crippen LogP contribution in [0.4, 0.5) is 11.4 Å². The summed E-state index contributed by atoms with van der Waals surface area (Å²) in [5.41, 5.74) is 0.733. The first-order chi connectivity index (χ1) is 10.9. The molecule has 2 rings (SSSR count). The Morgan fingerprint density at radius 2 is 1.83 bits per heavy atom. The second-order valence-corrected chi connectivity index (χ2v) is 5.06. The number of carboxylic acid groups (broad SMARTS) is 1. The van der Waals surface area contributed by atoms with Gasteiger partial charge in [-0.25, -0.2) is 4.79 Å². The van der Waals surface area contributed by atoms with Crippen LogP contribution in [0.2, 0.25) is 5.02 Å². The van der Waals surface area contributed by atoms with Crippen LogP contribution in [0.5, 0.6) is 0 Å². The lowest BCUT2D eigenvalue weighted by Gasteiger charge is -2.07. The Hall–Kier alpha value is -2.93. The molecule has 2 aromatic rings. The van der Waals surface area contributed by atoms with Crippen LogP contribution in [0.1, 0.15) is 15.9 Å². The minimum atomic E-state index is -1.19. The van der Waals surface area contributed by atoms with Crippen molar-refractivity contribution in [3.8, 4) is 0 Å². The minimum Gasteiger partial charge on any atom is -0.478 e. The zero-order valence-electron chi connectivity index (χ0n) is 11.7. The molecule has 1 amide bonds. The van der Waals surface area contributed by atoms with E-state index < -0.39 is 10.9 Å². The van der Waals surface area contributed by atoms with E-state index in [4.69, 9.17) is 16.7 Å². The Morgan fingerprint density at radius 1 is 1.17 bits per heavy atom. The van der Waals surface area contributed by atoms with Crippen molar-refractivity contribution >= 4 is 34.9 Å². The molecule has 0 fully saturated rings. The highest BCUT2D eigenvalue weighted by Crippen LogP contribution is 2.21. The van der Waals surface area contributed by atoms with Crippen LogP contribution in [-0.4, -0.2) is 21.9 Å². The molecule has 0 aliphatic rings. The van der Waals surface area contributed by atoms with Gasteiger partial charge < -0.3 is 10.4 Å². The van der Waals surface area contributed by atoms with Crippen molar-refractivity contribution in [2.75, 3.05) is 5.32 Å². The number of rotatable bonds is 5.